The zero-order valence-electron chi connectivity index (χ0n) is 10.9. The van der Waals surface area contributed by atoms with Gasteiger partial charge in [0.2, 0.25) is 0 Å². The van der Waals surface area contributed by atoms with E-state index < -0.39 is 11.1 Å². The largest absolute Gasteiger partial charge is 0.379 e. The smallest absolute Gasteiger partial charge is 0.314 e. The second-order valence-corrected chi connectivity index (χ2v) is 4.63. The van der Waals surface area contributed by atoms with Gasteiger partial charge >= 0.3 is 11.1 Å². The molecule has 0 bridgehead atoms. The molecule has 3 aromatic rings. The molecular weight excluding hydrogens is 256 g/mol. The van der Waals surface area contributed by atoms with Crippen LogP contribution in [-0.2, 0) is 13.6 Å². The molecule has 0 radical (unpaired) electrons. The molecule has 3 N–H and O–H groups in total. The van der Waals surface area contributed by atoms with Crippen LogP contribution in [0.5, 0.6) is 0 Å². The van der Waals surface area contributed by atoms with E-state index in [2.05, 4.69) is 15.3 Å². The lowest BCUT2D eigenvalue weighted by Gasteiger charge is -2.08. The van der Waals surface area contributed by atoms with Crippen molar-refractivity contribution in [1.82, 2.24) is 14.5 Å². The van der Waals surface area contributed by atoms with Crippen LogP contribution in [0.2, 0.25) is 0 Å². The summed E-state index contributed by atoms with van der Waals surface area (Å²) in [5.74, 6) is 0. The first-order valence-electron chi connectivity index (χ1n) is 6.24. The lowest BCUT2D eigenvalue weighted by atomic mass is 10.2. The zero-order valence-corrected chi connectivity index (χ0v) is 10.9. The standard InChI is InChI=1S/C14H14N4O2/c1-18-6-2-3-10(18)8-15-9-4-5-11-12(7-9)17-14(20)13(19)16-11/h2-7,15H,8H2,1H3,(H,16,19)(H,17,20). The molecule has 6 nitrogen and oxygen atoms in total. The summed E-state index contributed by atoms with van der Waals surface area (Å²) in [7, 11) is 1.99. The Morgan fingerprint density at radius 1 is 1.10 bits per heavy atom. The van der Waals surface area contributed by atoms with E-state index in [0.29, 0.717) is 17.6 Å². The highest BCUT2D eigenvalue weighted by Crippen LogP contribution is 2.14. The molecule has 1 aromatic carbocycles. The molecule has 0 aliphatic rings. The van der Waals surface area contributed by atoms with Crippen molar-refractivity contribution < 1.29 is 0 Å². The molecule has 0 amide bonds. The van der Waals surface area contributed by atoms with Gasteiger partial charge in [-0.05, 0) is 30.3 Å². The highest BCUT2D eigenvalue weighted by Gasteiger charge is 2.02. The third kappa shape index (κ3) is 2.23. The second kappa shape index (κ2) is 4.73. The van der Waals surface area contributed by atoms with Gasteiger partial charge in [-0.25, -0.2) is 0 Å². The predicted molar refractivity (Wildman–Crippen MR) is 77.9 cm³/mol. The number of nitrogens with one attached hydrogen (secondary N) is 3. The molecule has 6 heteroatoms. The summed E-state index contributed by atoms with van der Waals surface area (Å²) < 4.78 is 2.04. The van der Waals surface area contributed by atoms with Crippen LogP contribution in [0.3, 0.4) is 0 Å². The molecule has 0 spiro atoms. The van der Waals surface area contributed by atoms with Crippen molar-refractivity contribution in [2.24, 2.45) is 7.05 Å². The third-order valence-electron chi connectivity index (χ3n) is 3.25. The Balaban J connectivity index is 1.89. The number of benzene rings is 1. The fraction of sp³-hybridized carbons (Fsp3) is 0.143. The molecule has 2 aromatic heterocycles. The Kier molecular flexibility index (Phi) is 2.90. The fourth-order valence-corrected chi connectivity index (χ4v) is 2.10. The molecule has 3 rings (SSSR count). The molecule has 0 saturated carbocycles. The number of hydrogen-bond acceptors (Lipinski definition) is 3. The summed E-state index contributed by atoms with van der Waals surface area (Å²) in [6, 6.07) is 9.45. The first-order chi connectivity index (χ1) is 9.63. The van der Waals surface area contributed by atoms with Gasteiger partial charge in [-0.1, -0.05) is 0 Å². The second-order valence-electron chi connectivity index (χ2n) is 4.63. The number of aromatic amines is 2. The van der Waals surface area contributed by atoms with Gasteiger partial charge in [0.05, 0.1) is 17.6 Å². The predicted octanol–water partition coefficient (Wildman–Crippen LogP) is 1.17. The summed E-state index contributed by atoms with van der Waals surface area (Å²) in [5.41, 5.74) is 1.96. The maximum absolute atomic E-state index is 11.3. The van der Waals surface area contributed by atoms with E-state index >= 15 is 0 Å². The number of nitrogens with zero attached hydrogens (tertiary/aromatic N) is 1. The van der Waals surface area contributed by atoms with E-state index in [1.165, 1.54) is 0 Å². The highest BCUT2D eigenvalue weighted by atomic mass is 16.2. The van der Waals surface area contributed by atoms with Gasteiger partial charge in [0.15, 0.2) is 0 Å². The first kappa shape index (κ1) is 12.3. The molecule has 102 valence electrons. The van der Waals surface area contributed by atoms with Gasteiger partial charge in [0.25, 0.3) is 0 Å². The Bertz CT molecular complexity index is 873. The number of aryl methyl sites for hydroxylation is 1. The maximum atomic E-state index is 11.3. The number of hydrogen-bond donors (Lipinski definition) is 3. The van der Waals surface area contributed by atoms with Crippen LogP contribution in [0.25, 0.3) is 11.0 Å². The zero-order chi connectivity index (χ0) is 14.1. The summed E-state index contributed by atoms with van der Waals surface area (Å²) in [6.45, 7) is 0.683. The number of rotatable bonds is 3. The monoisotopic (exact) mass is 270 g/mol. The van der Waals surface area contributed by atoms with Gasteiger partial charge < -0.3 is 19.9 Å². The Morgan fingerprint density at radius 3 is 2.55 bits per heavy atom. The third-order valence-corrected chi connectivity index (χ3v) is 3.25. The molecule has 0 atom stereocenters. The van der Waals surface area contributed by atoms with Crippen LogP contribution >= 0.6 is 0 Å². The van der Waals surface area contributed by atoms with Crippen molar-refractivity contribution in [2.75, 3.05) is 5.32 Å². The SMILES string of the molecule is Cn1cccc1CNc1ccc2[nH]c(=O)c(=O)[nH]c2c1. The van der Waals surface area contributed by atoms with Crippen molar-refractivity contribution in [2.45, 2.75) is 6.54 Å². The highest BCUT2D eigenvalue weighted by molar-refractivity contribution is 5.78. The fourth-order valence-electron chi connectivity index (χ4n) is 2.10. The van der Waals surface area contributed by atoms with E-state index in [1.807, 2.05) is 36.0 Å². The quantitative estimate of drug-likeness (QED) is 0.625. The Hall–Kier alpha value is -2.76. The number of aromatic nitrogens is 3. The van der Waals surface area contributed by atoms with Crippen LogP contribution in [0.1, 0.15) is 5.69 Å². The Morgan fingerprint density at radius 2 is 1.85 bits per heavy atom. The van der Waals surface area contributed by atoms with Gasteiger partial charge in [-0.3, -0.25) is 9.59 Å². The van der Waals surface area contributed by atoms with E-state index in [1.54, 1.807) is 12.1 Å². The normalized spacial score (nSPS) is 10.8. The van der Waals surface area contributed by atoms with Gasteiger partial charge in [-0.15, -0.1) is 0 Å². The van der Waals surface area contributed by atoms with Crippen molar-refractivity contribution >= 4 is 16.7 Å². The molecule has 0 aliphatic carbocycles. The van der Waals surface area contributed by atoms with Crippen LogP contribution in [-0.4, -0.2) is 14.5 Å². The van der Waals surface area contributed by atoms with Crippen molar-refractivity contribution in [3.63, 3.8) is 0 Å². The summed E-state index contributed by atoms with van der Waals surface area (Å²) in [5, 5.41) is 3.28. The summed E-state index contributed by atoms with van der Waals surface area (Å²) in [4.78, 5) is 27.6. The van der Waals surface area contributed by atoms with E-state index in [-0.39, 0.29) is 0 Å². The average Bonchev–Trinajstić information content (AvgIpc) is 2.83. The topological polar surface area (TPSA) is 82.7 Å². The van der Waals surface area contributed by atoms with E-state index in [4.69, 9.17) is 0 Å². The average molecular weight is 270 g/mol. The van der Waals surface area contributed by atoms with Crippen LogP contribution in [0.4, 0.5) is 5.69 Å². The molecule has 0 aliphatic heterocycles. The van der Waals surface area contributed by atoms with Crippen LogP contribution in [0.15, 0.2) is 46.1 Å². The molecular formula is C14H14N4O2. The van der Waals surface area contributed by atoms with Crippen LogP contribution < -0.4 is 16.4 Å². The number of H-pyrrole nitrogens is 2. The lowest BCUT2D eigenvalue weighted by molar-refractivity contribution is 0.842. The molecule has 0 saturated heterocycles. The molecule has 20 heavy (non-hydrogen) atoms. The molecule has 2 heterocycles. The van der Waals surface area contributed by atoms with Crippen molar-refractivity contribution in [1.29, 1.82) is 0 Å². The van der Waals surface area contributed by atoms with Gasteiger partial charge in [0, 0.05) is 24.6 Å². The number of anilines is 1. The van der Waals surface area contributed by atoms with Crippen LogP contribution in [0, 0.1) is 0 Å². The minimum Gasteiger partial charge on any atom is -0.379 e. The lowest BCUT2D eigenvalue weighted by Crippen LogP contribution is -2.28. The maximum Gasteiger partial charge on any atom is 0.314 e. The number of fused-ring (bicyclic) bond motifs is 1. The van der Waals surface area contributed by atoms with Crippen molar-refractivity contribution in [3.05, 3.63) is 62.9 Å². The first-order valence-corrected chi connectivity index (χ1v) is 6.24. The molecule has 0 unspecified atom stereocenters. The van der Waals surface area contributed by atoms with Crippen molar-refractivity contribution in [3.8, 4) is 0 Å². The summed E-state index contributed by atoms with van der Waals surface area (Å²) in [6.07, 6.45) is 1.99. The van der Waals surface area contributed by atoms with E-state index in [9.17, 15) is 9.59 Å². The summed E-state index contributed by atoms with van der Waals surface area (Å²) >= 11 is 0. The minimum atomic E-state index is -0.642. The van der Waals surface area contributed by atoms with E-state index in [0.717, 1.165) is 11.4 Å². The minimum absolute atomic E-state index is 0.603. The Labute approximate surface area is 114 Å². The molecule has 0 fully saturated rings. The van der Waals surface area contributed by atoms with Gasteiger partial charge in [0.1, 0.15) is 0 Å². The van der Waals surface area contributed by atoms with Gasteiger partial charge in [-0.2, -0.15) is 0 Å².